The molecule has 3 aromatic carbocycles. The number of amidine groups is 1. The van der Waals surface area contributed by atoms with E-state index in [1.54, 1.807) is 0 Å². The number of fused-ring (bicyclic) bond motifs is 1. The highest BCUT2D eigenvalue weighted by atomic mass is 32.2. The molecule has 0 radical (unpaired) electrons. The van der Waals surface area contributed by atoms with E-state index in [-0.39, 0.29) is 5.91 Å². The van der Waals surface area contributed by atoms with Crippen molar-refractivity contribution in [2.45, 2.75) is 6.92 Å². The number of para-hydroxylation sites is 1. The van der Waals surface area contributed by atoms with Crippen LogP contribution in [0.4, 0.5) is 5.69 Å². The van der Waals surface area contributed by atoms with Crippen molar-refractivity contribution in [2.24, 2.45) is 4.99 Å². The van der Waals surface area contributed by atoms with Gasteiger partial charge in [-0.2, -0.15) is 0 Å². The van der Waals surface area contributed by atoms with Crippen molar-refractivity contribution in [3.63, 3.8) is 0 Å². The Morgan fingerprint density at radius 1 is 1.04 bits per heavy atom. The van der Waals surface area contributed by atoms with Gasteiger partial charge in [0.2, 0.25) is 0 Å². The van der Waals surface area contributed by atoms with Gasteiger partial charge in [0.15, 0.2) is 5.17 Å². The largest absolute Gasteiger partial charge is 0.493 e. The molecule has 0 saturated carbocycles. The summed E-state index contributed by atoms with van der Waals surface area (Å²) in [6, 6.07) is 21.7. The summed E-state index contributed by atoms with van der Waals surface area (Å²) >= 11 is 1.34. The first-order valence-electron chi connectivity index (χ1n) is 8.73. The molecule has 0 spiro atoms. The zero-order valence-corrected chi connectivity index (χ0v) is 15.6. The number of rotatable bonds is 4. The Bertz CT molecular complexity index is 1060. The molecule has 134 valence electrons. The van der Waals surface area contributed by atoms with Gasteiger partial charge in [-0.1, -0.05) is 42.5 Å². The summed E-state index contributed by atoms with van der Waals surface area (Å²) in [6.07, 6.45) is 1.87. The molecule has 1 fully saturated rings. The Labute approximate surface area is 162 Å². The van der Waals surface area contributed by atoms with E-state index < -0.39 is 0 Å². The molecule has 0 atom stereocenters. The first-order chi connectivity index (χ1) is 13.2. The minimum atomic E-state index is -0.148. The number of nitrogens with zero attached hydrogens (tertiary/aromatic N) is 1. The molecule has 1 saturated heterocycles. The number of hydrogen-bond donors (Lipinski definition) is 1. The molecule has 1 aliphatic heterocycles. The zero-order valence-electron chi connectivity index (χ0n) is 14.8. The van der Waals surface area contributed by atoms with Crippen LogP contribution in [0.2, 0.25) is 0 Å². The number of benzene rings is 3. The molecule has 27 heavy (non-hydrogen) atoms. The van der Waals surface area contributed by atoms with E-state index >= 15 is 0 Å². The van der Waals surface area contributed by atoms with E-state index in [0.717, 1.165) is 27.8 Å². The van der Waals surface area contributed by atoms with Crippen molar-refractivity contribution in [3.8, 4) is 5.75 Å². The van der Waals surface area contributed by atoms with E-state index in [2.05, 4.69) is 22.4 Å². The second-order valence-electron chi connectivity index (χ2n) is 5.99. The van der Waals surface area contributed by atoms with E-state index in [9.17, 15) is 4.79 Å². The van der Waals surface area contributed by atoms with Crippen molar-refractivity contribution in [1.82, 2.24) is 5.32 Å². The lowest BCUT2D eigenvalue weighted by Gasteiger charge is -2.09. The van der Waals surface area contributed by atoms with Crippen molar-refractivity contribution in [1.29, 1.82) is 0 Å². The Balaban J connectivity index is 1.69. The SMILES string of the molecule is CCOc1cc2ccccc2cc1/C=C1/SC(=Nc2ccccc2)NC1=O. The van der Waals surface area contributed by atoms with Crippen LogP contribution in [0.15, 0.2) is 76.6 Å². The molecule has 4 rings (SSSR count). The Hall–Kier alpha value is -3.05. The molecule has 1 amide bonds. The van der Waals surface area contributed by atoms with Gasteiger partial charge in [-0.3, -0.25) is 4.79 Å². The number of thioether (sulfide) groups is 1. The van der Waals surface area contributed by atoms with Gasteiger partial charge in [-0.15, -0.1) is 0 Å². The van der Waals surface area contributed by atoms with E-state index in [1.165, 1.54) is 11.8 Å². The minimum absolute atomic E-state index is 0.148. The van der Waals surface area contributed by atoms with Crippen LogP contribution in [-0.4, -0.2) is 17.7 Å². The normalized spacial score (nSPS) is 16.9. The Morgan fingerprint density at radius 3 is 2.48 bits per heavy atom. The molecule has 5 heteroatoms. The molecule has 1 N–H and O–H groups in total. The molecule has 3 aromatic rings. The van der Waals surface area contributed by atoms with Gasteiger partial charge < -0.3 is 10.1 Å². The summed E-state index contributed by atoms with van der Waals surface area (Å²) in [6.45, 7) is 2.52. The Morgan fingerprint density at radius 2 is 1.74 bits per heavy atom. The number of carbonyl (C=O) groups is 1. The number of aliphatic imine (C=N–C) groups is 1. The molecule has 0 aromatic heterocycles. The molecular weight excluding hydrogens is 356 g/mol. The maximum Gasteiger partial charge on any atom is 0.264 e. The number of hydrogen-bond acceptors (Lipinski definition) is 4. The lowest BCUT2D eigenvalue weighted by atomic mass is 10.1. The fourth-order valence-corrected chi connectivity index (χ4v) is 3.70. The fraction of sp³-hybridized carbons (Fsp3) is 0.0909. The predicted octanol–water partition coefficient (Wildman–Crippen LogP) is 5.13. The topological polar surface area (TPSA) is 50.7 Å². The van der Waals surface area contributed by atoms with Gasteiger partial charge in [0, 0.05) is 5.56 Å². The first-order valence-corrected chi connectivity index (χ1v) is 9.55. The average molecular weight is 374 g/mol. The monoisotopic (exact) mass is 374 g/mol. The number of carbonyl (C=O) groups excluding carboxylic acids is 1. The van der Waals surface area contributed by atoms with Crippen LogP contribution < -0.4 is 10.1 Å². The van der Waals surface area contributed by atoms with E-state index in [1.807, 2.05) is 67.6 Å². The van der Waals surface area contributed by atoms with Gasteiger partial charge in [0.1, 0.15) is 5.75 Å². The third-order valence-electron chi connectivity index (χ3n) is 4.10. The van der Waals surface area contributed by atoms with Gasteiger partial charge in [0.25, 0.3) is 5.91 Å². The summed E-state index contributed by atoms with van der Waals surface area (Å²) < 4.78 is 5.80. The second-order valence-corrected chi connectivity index (χ2v) is 7.02. The van der Waals surface area contributed by atoms with Gasteiger partial charge >= 0.3 is 0 Å². The summed E-state index contributed by atoms with van der Waals surface area (Å²) in [5.41, 5.74) is 1.69. The standard InChI is InChI=1S/C22H18N2O2S/c1-2-26-19-13-16-9-7-6-8-15(16)12-17(19)14-20-21(25)24-22(27-20)23-18-10-4-3-5-11-18/h3-14H,2H2,1H3,(H,23,24,25)/b20-14+. The number of ether oxygens (including phenoxy) is 1. The lowest BCUT2D eigenvalue weighted by molar-refractivity contribution is -0.115. The summed E-state index contributed by atoms with van der Waals surface area (Å²) in [7, 11) is 0. The van der Waals surface area contributed by atoms with Gasteiger partial charge in [-0.25, -0.2) is 4.99 Å². The van der Waals surface area contributed by atoms with Crippen molar-refractivity contribution < 1.29 is 9.53 Å². The van der Waals surface area contributed by atoms with Gasteiger partial charge in [-0.05, 0) is 59.8 Å². The fourth-order valence-electron chi connectivity index (χ4n) is 2.87. The van der Waals surface area contributed by atoms with Crippen LogP contribution in [0.1, 0.15) is 12.5 Å². The minimum Gasteiger partial charge on any atom is -0.493 e. The highest BCUT2D eigenvalue weighted by molar-refractivity contribution is 8.18. The summed E-state index contributed by atoms with van der Waals surface area (Å²) in [5.74, 6) is 0.621. The molecular formula is C22H18N2O2S. The van der Waals surface area contributed by atoms with Crippen LogP contribution >= 0.6 is 11.8 Å². The highest BCUT2D eigenvalue weighted by Crippen LogP contribution is 2.33. The van der Waals surface area contributed by atoms with Crippen molar-refractivity contribution in [2.75, 3.05) is 6.61 Å². The molecule has 1 aliphatic rings. The Kier molecular flexibility index (Phi) is 4.94. The number of amides is 1. The van der Waals surface area contributed by atoms with Crippen LogP contribution in [0.25, 0.3) is 16.8 Å². The van der Waals surface area contributed by atoms with Crippen LogP contribution in [0.3, 0.4) is 0 Å². The molecule has 0 unspecified atom stereocenters. The van der Waals surface area contributed by atoms with E-state index in [4.69, 9.17) is 4.74 Å². The van der Waals surface area contributed by atoms with Gasteiger partial charge in [0.05, 0.1) is 17.2 Å². The lowest BCUT2D eigenvalue weighted by Crippen LogP contribution is -2.19. The van der Waals surface area contributed by atoms with Crippen molar-refractivity contribution >= 4 is 45.4 Å². The maximum absolute atomic E-state index is 12.4. The van der Waals surface area contributed by atoms with E-state index in [0.29, 0.717) is 16.7 Å². The average Bonchev–Trinajstić information content (AvgIpc) is 3.02. The maximum atomic E-state index is 12.4. The molecule has 4 nitrogen and oxygen atoms in total. The second kappa shape index (κ2) is 7.68. The third kappa shape index (κ3) is 3.88. The zero-order chi connectivity index (χ0) is 18.6. The summed E-state index contributed by atoms with van der Waals surface area (Å²) in [4.78, 5) is 17.5. The van der Waals surface area contributed by atoms with Crippen molar-refractivity contribution in [3.05, 3.63) is 77.2 Å². The predicted molar refractivity (Wildman–Crippen MR) is 112 cm³/mol. The molecule has 1 heterocycles. The number of nitrogens with one attached hydrogen (secondary N) is 1. The third-order valence-corrected chi connectivity index (χ3v) is 5.01. The van der Waals surface area contributed by atoms with Crippen LogP contribution in [0, 0.1) is 0 Å². The summed E-state index contributed by atoms with van der Waals surface area (Å²) in [5, 5.41) is 5.62. The molecule has 0 bridgehead atoms. The quantitative estimate of drug-likeness (QED) is 0.644. The smallest absolute Gasteiger partial charge is 0.264 e. The van der Waals surface area contributed by atoms with Crippen LogP contribution in [-0.2, 0) is 4.79 Å². The first kappa shape index (κ1) is 17.4. The highest BCUT2D eigenvalue weighted by Gasteiger charge is 2.24. The molecule has 0 aliphatic carbocycles. The van der Waals surface area contributed by atoms with Crippen LogP contribution in [0.5, 0.6) is 5.75 Å².